The summed E-state index contributed by atoms with van der Waals surface area (Å²) < 4.78 is 11.8. The Morgan fingerprint density at radius 2 is 2.00 bits per heavy atom. The summed E-state index contributed by atoms with van der Waals surface area (Å²) in [7, 11) is 1.55. The number of methoxy groups -OCH3 is 1. The maximum atomic E-state index is 13.4. The first-order chi connectivity index (χ1) is 17.5. The minimum absolute atomic E-state index is 0.0154. The largest absolute Gasteiger partial charge is 0.467 e. The van der Waals surface area contributed by atoms with Crippen molar-refractivity contribution in [3.8, 4) is 0 Å². The van der Waals surface area contributed by atoms with Crippen LogP contribution in [0.15, 0.2) is 75.2 Å². The van der Waals surface area contributed by atoms with Crippen molar-refractivity contribution in [3.05, 3.63) is 87.6 Å². The van der Waals surface area contributed by atoms with Crippen molar-refractivity contribution in [2.45, 2.75) is 11.7 Å². The number of benzene rings is 2. The van der Waals surface area contributed by atoms with Gasteiger partial charge in [0.25, 0.3) is 11.5 Å². The van der Waals surface area contributed by atoms with E-state index in [-0.39, 0.29) is 29.7 Å². The van der Waals surface area contributed by atoms with E-state index in [1.54, 1.807) is 61.7 Å². The summed E-state index contributed by atoms with van der Waals surface area (Å²) in [4.78, 5) is 43.1. The zero-order chi connectivity index (χ0) is 25.5. The Hall–Kier alpha value is -3.60. The van der Waals surface area contributed by atoms with Crippen LogP contribution in [0.25, 0.3) is 10.9 Å². The van der Waals surface area contributed by atoms with Crippen LogP contribution in [0.3, 0.4) is 0 Å². The zero-order valence-electron chi connectivity index (χ0n) is 19.3. The molecule has 0 saturated carbocycles. The molecule has 2 aromatic carbocycles. The molecular weight excluding hydrogens is 504 g/mol. The van der Waals surface area contributed by atoms with Gasteiger partial charge in [-0.2, -0.15) is 0 Å². The van der Waals surface area contributed by atoms with Gasteiger partial charge in [0.1, 0.15) is 5.76 Å². The maximum absolute atomic E-state index is 13.4. The molecule has 0 saturated heterocycles. The third-order valence-electron chi connectivity index (χ3n) is 5.15. The standard InChI is InChI=1S/C25H23ClN4O5S/c1-34-12-10-27-23(32)16-8-9-18-21(13-16)29-25(30(24(18)33)14-17-5-4-11-35-17)36-15-22(31)28-20-7-3-2-6-19(20)26/h2-9,11,13H,10,12,14-15H2,1H3,(H,27,32)(H,28,31). The molecule has 36 heavy (non-hydrogen) atoms. The first kappa shape index (κ1) is 25.5. The van der Waals surface area contributed by atoms with E-state index in [1.807, 2.05) is 0 Å². The SMILES string of the molecule is COCCNC(=O)c1ccc2c(=O)n(Cc3ccco3)c(SCC(=O)Nc3ccccc3Cl)nc2c1. The second-order valence-electron chi connectivity index (χ2n) is 7.66. The fraction of sp³-hybridized carbons (Fsp3) is 0.200. The van der Waals surface area contributed by atoms with Gasteiger partial charge in [-0.15, -0.1) is 0 Å². The van der Waals surface area contributed by atoms with Crippen molar-refractivity contribution in [2.75, 3.05) is 31.3 Å². The molecule has 186 valence electrons. The summed E-state index contributed by atoms with van der Waals surface area (Å²) in [6, 6.07) is 15.1. The Morgan fingerprint density at radius 3 is 2.75 bits per heavy atom. The van der Waals surface area contributed by atoms with Crippen LogP contribution in [0.4, 0.5) is 5.69 Å². The number of halogens is 1. The molecule has 0 aliphatic rings. The number of para-hydroxylation sites is 1. The molecule has 0 spiro atoms. The highest BCUT2D eigenvalue weighted by Gasteiger charge is 2.17. The molecule has 4 aromatic rings. The monoisotopic (exact) mass is 526 g/mol. The Kier molecular flexibility index (Phi) is 8.42. The number of nitrogens with one attached hydrogen (secondary N) is 2. The number of ether oxygens (including phenoxy) is 1. The number of hydrogen-bond acceptors (Lipinski definition) is 7. The average Bonchev–Trinajstić information content (AvgIpc) is 3.39. The van der Waals surface area contributed by atoms with Gasteiger partial charge in [-0.1, -0.05) is 35.5 Å². The van der Waals surface area contributed by atoms with Crippen molar-refractivity contribution < 1.29 is 18.7 Å². The Balaban J connectivity index is 1.63. The van der Waals surface area contributed by atoms with Crippen LogP contribution in [0.2, 0.25) is 5.02 Å². The molecule has 2 aromatic heterocycles. The second-order valence-corrected chi connectivity index (χ2v) is 9.01. The Bertz CT molecular complexity index is 1440. The summed E-state index contributed by atoms with van der Waals surface area (Å²) in [5.74, 6) is -0.0599. The number of carbonyl (C=O) groups excluding carboxylic acids is 2. The molecule has 2 N–H and O–H groups in total. The number of fused-ring (bicyclic) bond motifs is 1. The third-order valence-corrected chi connectivity index (χ3v) is 6.45. The van der Waals surface area contributed by atoms with Crippen molar-refractivity contribution >= 4 is 51.8 Å². The number of aromatic nitrogens is 2. The normalized spacial score (nSPS) is 10.9. The van der Waals surface area contributed by atoms with E-state index in [0.29, 0.717) is 51.2 Å². The van der Waals surface area contributed by atoms with Crippen LogP contribution < -0.4 is 16.2 Å². The number of nitrogens with zero attached hydrogens (tertiary/aromatic N) is 2. The number of amides is 2. The van der Waals surface area contributed by atoms with Crippen LogP contribution in [0.5, 0.6) is 0 Å². The van der Waals surface area contributed by atoms with Gasteiger partial charge in [-0.25, -0.2) is 4.98 Å². The van der Waals surface area contributed by atoms with E-state index < -0.39 is 0 Å². The average molecular weight is 527 g/mol. The number of rotatable bonds is 10. The van der Waals surface area contributed by atoms with E-state index in [2.05, 4.69) is 15.6 Å². The maximum Gasteiger partial charge on any atom is 0.262 e. The fourth-order valence-electron chi connectivity index (χ4n) is 3.40. The second kappa shape index (κ2) is 11.9. The number of carbonyl (C=O) groups is 2. The van der Waals surface area contributed by atoms with Crippen LogP contribution in [-0.4, -0.2) is 47.4 Å². The lowest BCUT2D eigenvalue weighted by atomic mass is 10.1. The highest BCUT2D eigenvalue weighted by atomic mass is 35.5. The zero-order valence-corrected chi connectivity index (χ0v) is 20.9. The van der Waals surface area contributed by atoms with Gasteiger partial charge in [0, 0.05) is 19.2 Å². The minimum atomic E-state index is -0.309. The lowest BCUT2D eigenvalue weighted by Crippen LogP contribution is -2.27. The molecule has 2 heterocycles. The van der Waals surface area contributed by atoms with Gasteiger partial charge in [0.05, 0.1) is 46.8 Å². The molecule has 0 bridgehead atoms. The highest BCUT2D eigenvalue weighted by Crippen LogP contribution is 2.23. The third kappa shape index (κ3) is 6.14. The lowest BCUT2D eigenvalue weighted by Gasteiger charge is -2.13. The Labute approximate surface area is 215 Å². The molecule has 0 unspecified atom stereocenters. The van der Waals surface area contributed by atoms with E-state index in [1.165, 1.54) is 10.8 Å². The molecule has 9 nitrogen and oxygen atoms in total. The van der Waals surface area contributed by atoms with Gasteiger partial charge in [0.15, 0.2) is 5.16 Å². The summed E-state index contributed by atoms with van der Waals surface area (Å²) in [6.07, 6.45) is 1.52. The predicted molar refractivity (Wildman–Crippen MR) is 139 cm³/mol. The van der Waals surface area contributed by atoms with Crippen LogP contribution >= 0.6 is 23.4 Å². The summed E-state index contributed by atoms with van der Waals surface area (Å²) in [5.41, 5.74) is 0.899. The summed E-state index contributed by atoms with van der Waals surface area (Å²) >= 11 is 7.23. The molecule has 11 heteroatoms. The van der Waals surface area contributed by atoms with E-state index >= 15 is 0 Å². The molecule has 0 aliphatic carbocycles. The van der Waals surface area contributed by atoms with Crippen LogP contribution in [0, 0.1) is 0 Å². The summed E-state index contributed by atoms with van der Waals surface area (Å²) in [5, 5.41) is 6.59. The van der Waals surface area contributed by atoms with Crippen LogP contribution in [0.1, 0.15) is 16.1 Å². The number of thioether (sulfide) groups is 1. The number of hydrogen-bond donors (Lipinski definition) is 2. The van der Waals surface area contributed by atoms with E-state index in [9.17, 15) is 14.4 Å². The van der Waals surface area contributed by atoms with Gasteiger partial charge in [-0.3, -0.25) is 19.0 Å². The molecule has 0 radical (unpaired) electrons. The van der Waals surface area contributed by atoms with Crippen molar-refractivity contribution in [3.63, 3.8) is 0 Å². The highest BCUT2D eigenvalue weighted by molar-refractivity contribution is 7.99. The molecular formula is C25H23ClN4O5S. The molecule has 0 atom stereocenters. The molecule has 0 aliphatic heterocycles. The molecule has 4 rings (SSSR count). The molecule has 0 fully saturated rings. The molecule has 2 amide bonds. The van der Waals surface area contributed by atoms with E-state index in [0.717, 1.165) is 11.8 Å². The van der Waals surface area contributed by atoms with E-state index in [4.69, 9.17) is 20.8 Å². The lowest BCUT2D eigenvalue weighted by molar-refractivity contribution is -0.113. The van der Waals surface area contributed by atoms with Crippen molar-refractivity contribution in [1.82, 2.24) is 14.9 Å². The minimum Gasteiger partial charge on any atom is -0.467 e. The van der Waals surface area contributed by atoms with Gasteiger partial charge >= 0.3 is 0 Å². The number of anilines is 1. The van der Waals surface area contributed by atoms with Gasteiger partial charge < -0.3 is 19.8 Å². The van der Waals surface area contributed by atoms with Crippen molar-refractivity contribution in [2.24, 2.45) is 0 Å². The van der Waals surface area contributed by atoms with Crippen molar-refractivity contribution in [1.29, 1.82) is 0 Å². The van der Waals surface area contributed by atoms with Gasteiger partial charge in [0.2, 0.25) is 5.91 Å². The predicted octanol–water partition coefficient (Wildman–Crippen LogP) is 3.80. The smallest absolute Gasteiger partial charge is 0.262 e. The topological polar surface area (TPSA) is 115 Å². The van der Waals surface area contributed by atoms with Crippen LogP contribution in [-0.2, 0) is 16.1 Å². The summed E-state index contributed by atoms with van der Waals surface area (Å²) in [6.45, 7) is 0.877. The fourth-order valence-corrected chi connectivity index (χ4v) is 4.38. The quantitative estimate of drug-likeness (QED) is 0.183. The van der Waals surface area contributed by atoms with Gasteiger partial charge in [-0.05, 0) is 42.5 Å². The first-order valence-corrected chi connectivity index (χ1v) is 12.3. The number of furan rings is 1. The Morgan fingerprint density at radius 1 is 1.17 bits per heavy atom. The first-order valence-electron chi connectivity index (χ1n) is 11.0.